The van der Waals surface area contributed by atoms with E-state index < -0.39 is 10.7 Å². The minimum atomic E-state index is -0.479. The Bertz CT molecular complexity index is 617. The van der Waals surface area contributed by atoms with Crippen LogP contribution in [0.4, 0.5) is 27.1 Å². The summed E-state index contributed by atoms with van der Waals surface area (Å²) in [7, 11) is 1.61. The average molecular weight is 261 g/mol. The highest BCUT2D eigenvalue weighted by atomic mass is 19.1. The number of rotatable bonds is 4. The van der Waals surface area contributed by atoms with Crippen LogP contribution in [-0.4, -0.2) is 12.0 Å². The Morgan fingerprint density at radius 2 is 1.84 bits per heavy atom. The Balaban J connectivity index is 2.42. The van der Waals surface area contributed by atoms with Gasteiger partial charge in [-0.25, -0.2) is 4.39 Å². The zero-order valence-corrected chi connectivity index (χ0v) is 10.2. The SMILES string of the molecule is CNc1cccc(Nc2cccc(F)c2)c1[N+](=O)[O-]. The van der Waals surface area contributed by atoms with Gasteiger partial charge >= 0.3 is 5.69 Å². The number of halogens is 1. The first-order valence-corrected chi connectivity index (χ1v) is 5.59. The maximum Gasteiger partial charge on any atom is 0.315 e. The van der Waals surface area contributed by atoms with E-state index in [0.717, 1.165) is 0 Å². The first-order chi connectivity index (χ1) is 9.11. The lowest BCUT2D eigenvalue weighted by molar-refractivity contribution is -0.383. The van der Waals surface area contributed by atoms with E-state index >= 15 is 0 Å². The molecule has 0 aliphatic carbocycles. The highest BCUT2D eigenvalue weighted by Gasteiger charge is 2.18. The fraction of sp³-hybridized carbons (Fsp3) is 0.0769. The van der Waals surface area contributed by atoms with Crippen LogP contribution in [0.15, 0.2) is 42.5 Å². The maximum absolute atomic E-state index is 13.1. The van der Waals surface area contributed by atoms with Crippen molar-refractivity contribution < 1.29 is 9.31 Å². The van der Waals surface area contributed by atoms with Crippen LogP contribution in [0.3, 0.4) is 0 Å². The number of nitro benzene ring substituents is 1. The number of nitro groups is 1. The van der Waals surface area contributed by atoms with Crippen molar-refractivity contribution >= 4 is 22.7 Å². The van der Waals surface area contributed by atoms with Crippen molar-refractivity contribution in [1.82, 2.24) is 0 Å². The van der Waals surface area contributed by atoms with Crippen molar-refractivity contribution in [2.75, 3.05) is 17.7 Å². The van der Waals surface area contributed by atoms with Gasteiger partial charge in [-0.1, -0.05) is 12.1 Å². The molecule has 2 aromatic rings. The molecule has 0 amide bonds. The molecule has 2 rings (SSSR count). The second kappa shape index (κ2) is 5.34. The molecule has 0 saturated carbocycles. The van der Waals surface area contributed by atoms with Crippen molar-refractivity contribution in [1.29, 1.82) is 0 Å². The molecule has 0 aliphatic rings. The van der Waals surface area contributed by atoms with Crippen LogP contribution in [-0.2, 0) is 0 Å². The summed E-state index contributed by atoms with van der Waals surface area (Å²) < 4.78 is 13.1. The molecule has 0 saturated heterocycles. The number of benzene rings is 2. The van der Waals surface area contributed by atoms with Crippen molar-refractivity contribution in [3.63, 3.8) is 0 Å². The van der Waals surface area contributed by atoms with E-state index in [2.05, 4.69) is 10.6 Å². The van der Waals surface area contributed by atoms with Crippen molar-refractivity contribution in [2.24, 2.45) is 0 Å². The molecule has 0 radical (unpaired) electrons. The summed E-state index contributed by atoms with van der Waals surface area (Å²) in [5.74, 6) is -0.405. The van der Waals surface area contributed by atoms with Gasteiger partial charge in [0.05, 0.1) is 4.92 Å². The third kappa shape index (κ3) is 2.79. The summed E-state index contributed by atoms with van der Waals surface area (Å²) in [5, 5.41) is 16.7. The molecule has 0 aromatic heterocycles. The first kappa shape index (κ1) is 12.8. The summed E-state index contributed by atoms with van der Waals surface area (Å²) in [6.07, 6.45) is 0. The topological polar surface area (TPSA) is 67.2 Å². The number of hydrogen-bond donors (Lipinski definition) is 2. The van der Waals surface area contributed by atoms with Crippen LogP contribution in [0.1, 0.15) is 0 Å². The lowest BCUT2D eigenvalue weighted by Gasteiger charge is -2.09. The predicted octanol–water partition coefficient (Wildman–Crippen LogP) is 3.52. The molecule has 98 valence electrons. The van der Waals surface area contributed by atoms with E-state index in [0.29, 0.717) is 17.1 Å². The fourth-order valence-corrected chi connectivity index (χ4v) is 1.76. The van der Waals surface area contributed by atoms with Gasteiger partial charge < -0.3 is 10.6 Å². The molecule has 0 heterocycles. The number of hydrogen-bond acceptors (Lipinski definition) is 4. The zero-order chi connectivity index (χ0) is 13.8. The van der Waals surface area contributed by atoms with E-state index in [1.54, 1.807) is 31.3 Å². The molecule has 0 unspecified atom stereocenters. The molecule has 0 atom stereocenters. The smallest absolute Gasteiger partial charge is 0.315 e. The average Bonchev–Trinajstić information content (AvgIpc) is 2.38. The van der Waals surface area contributed by atoms with Crippen molar-refractivity contribution in [3.8, 4) is 0 Å². The lowest BCUT2D eigenvalue weighted by atomic mass is 10.2. The minimum absolute atomic E-state index is 0.0748. The maximum atomic E-state index is 13.1. The summed E-state index contributed by atoms with van der Waals surface area (Å²) in [6, 6.07) is 10.6. The van der Waals surface area contributed by atoms with E-state index in [4.69, 9.17) is 0 Å². The lowest BCUT2D eigenvalue weighted by Crippen LogP contribution is -2.01. The minimum Gasteiger partial charge on any atom is -0.382 e. The van der Waals surface area contributed by atoms with Gasteiger partial charge in [-0.15, -0.1) is 0 Å². The number of anilines is 3. The van der Waals surface area contributed by atoms with E-state index in [9.17, 15) is 14.5 Å². The zero-order valence-electron chi connectivity index (χ0n) is 10.2. The Morgan fingerprint density at radius 3 is 2.47 bits per heavy atom. The highest BCUT2D eigenvalue weighted by Crippen LogP contribution is 2.34. The second-order valence-corrected chi connectivity index (χ2v) is 3.84. The van der Waals surface area contributed by atoms with Crippen LogP contribution in [0.25, 0.3) is 0 Å². The van der Waals surface area contributed by atoms with Gasteiger partial charge in [-0.3, -0.25) is 10.1 Å². The third-order valence-corrected chi connectivity index (χ3v) is 2.59. The van der Waals surface area contributed by atoms with Gasteiger partial charge in [0.2, 0.25) is 0 Å². The summed E-state index contributed by atoms with van der Waals surface area (Å²) in [6.45, 7) is 0. The normalized spacial score (nSPS) is 10.0. The van der Waals surface area contributed by atoms with Gasteiger partial charge in [0, 0.05) is 12.7 Å². The Hall–Kier alpha value is -2.63. The van der Waals surface area contributed by atoms with Gasteiger partial charge in [0.25, 0.3) is 0 Å². The largest absolute Gasteiger partial charge is 0.382 e. The molecule has 0 spiro atoms. The van der Waals surface area contributed by atoms with Crippen LogP contribution in [0.5, 0.6) is 0 Å². The van der Waals surface area contributed by atoms with E-state index in [-0.39, 0.29) is 5.69 Å². The number of nitrogens with one attached hydrogen (secondary N) is 2. The quantitative estimate of drug-likeness (QED) is 0.652. The van der Waals surface area contributed by atoms with Crippen molar-refractivity contribution in [3.05, 3.63) is 58.4 Å². The Kier molecular flexibility index (Phi) is 3.61. The van der Waals surface area contributed by atoms with E-state index in [1.165, 1.54) is 18.2 Å². The molecule has 5 nitrogen and oxygen atoms in total. The molecule has 0 aliphatic heterocycles. The van der Waals surface area contributed by atoms with Crippen molar-refractivity contribution in [2.45, 2.75) is 0 Å². The number of para-hydroxylation sites is 1. The molecular weight excluding hydrogens is 249 g/mol. The van der Waals surface area contributed by atoms with Gasteiger partial charge in [-0.2, -0.15) is 0 Å². The van der Waals surface area contributed by atoms with Gasteiger partial charge in [-0.05, 0) is 30.3 Å². The standard InChI is InChI=1S/C13H12FN3O2/c1-15-11-6-3-7-12(13(11)17(18)19)16-10-5-2-4-9(14)8-10/h2-8,15-16H,1H3. The second-order valence-electron chi connectivity index (χ2n) is 3.84. The molecule has 2 N–H and O–H groups in total. The Morgan fingerprint density at radius 1 is 1.16 bits per heavy atom. The molecule has 2 aromatic carbocycles. The molecule has 6 heteroatoms. The van der Waals surface area contributed by atoms with Crippen LogP contribution in [0.2, 0.25) is 0 Å². The van der Waals surface area contributed by atoms with E-state index in [1.807, 2.05) is 0 Å². The van der Waals surface area contributed by atoms with Crippen LogP contribution in [0, 0.1) is 15.9 Å². The van der Waals surface area contributed by atoms with Gasteiger partial charge in [0.1, 0.15) is 17.2 Å². The highest BCUT2D eigenvalue weighted by molar-refractivity contribution is 5.79. The Labute approximate surface area is 109 Å². The monoisotopic (exact) mass is 261 g/mol. The van der Waals surface area contributed by atoms with Crippen LogP contribution >= 0.6 is 0 Å². The summed E-state index contributed by atoms with van der Waals surface area (Å²) >= 11 is 0. The van der Waals surface area contributed by atoms with Gasteiger partial charge in [0.15, 0.2) is 0 Å². The van der Waals surface area contributed by atoms with Crippen LogP contribution < -0.4 is 10.6 Å². The summed E-state index contributed by atoms with van der Waals surface area (Å²) in [4.78, 5) is 10.6. The number of nitrogens with zero attached hydrogens (tertiary/aromatic N) is 1. The molecular formula is C13H12FN3O2. The fourth-order valence-electron chi connectivity index (χ4n) is 1.76. The molecule has 0 bridgehead atoms. The third-order valence-electron chi connectivity index (χ3n) is 2.59. The summed E-state index contributed by atoms with van der Waals surface area (Å²) in [5.41, 5.74) is 1.08. The molecule has 19 heavy (non-hydrogen) atoms. The predicted molar refractivity (Wildman–Crippen MR) is 72.3 cm³/mol. The molecule has 0 fully saturated rings. The first-order valence-electron chi connectivity index (χ1n) is 5.59.